The van der Waals surface area contributed by atoms with Gasteiger partial charge in [-0.2, -0.15) is 0 Å². The predicted octanol–water partition coefficient (Wildman–Crippen LogP) is 4.70. The molecule has 9 heteroatoms. The Morgan fingerprint density at radius 3 is 1.78 bits per heavy atom. The van der Waals surface area contributed by atoms with Gasteiger partial charge < -0.3 is 25.1 Å². The number of nitrogens with two attached hydrogens (primary N) is 1. The van der Waals surface area contributed by atoms with Gasteiger partial charge >= 0.3 is 23.9 Å². The Hall–Kier alpha value is -2.94. The molecule has 3 N–H and O–H groups in total. The Labute approximate surface area is 220 Å². The van der Waals surface area contributed by atoms with Crippen molar-refractivity contribution in [2.24, 2.45) is 27.9 Å². The molecule has 1 aromatic carbocycles. The van der Waals surface area contributed by atoms with Crippen LogP contribution in [0.25, 0.3) is 0 Å². The van der Waals surface area contributed by atoms with Crippen LogP contribution >= 0.6 is 0 Å². The summed E-state index contributed by atoms with van der Waals surface area (Å²) < 4.78 is 16.5. The first-order valence-electron chi connectivity index (χ1n) is 12.4. The minimum atomic E-state index is -1.34. The maximum atomic E-state index is 12.7. The van der Waals surface area contributed by atoms with Crippen LogP contribution < -0.4 is 15.2 Å². The van der Waals surface area contributed by atoms with E-state index in [9.17, 15) is 24.3 Å². The molecule has 0 heterocycles. The van der Waals surface area contributed by atoms with Crippen LogP contribution in [0, 0.1) is 22.2 Å². The summed E-state index contributed by atoms with van der Waals surface area (Å²) in [5.41, 5.74) is 4.57. The molecule has 1 aromatic rings. The summed E-state index contributed by atoms with van der Waals surface area (Å²) in [5, 5.41) is 9.69. The lowest BCUT2D eigenvalue weighted by atomic mass is 9.82. The van der Waals surface area contributed by atoms with Gasteiger partial charge in [-0.3, -0.25) is 19.2 Å². The van der Waals surface area contributed by atoms with E-state index in [0.717, 1.165) is 0 Å². The Morgan fingerprint density at radius 2 is 1.35 bits per heavy atom. The number of esters is 3. The van der Waals surface area contributed by atoms with Crippen molar-refractivity contribution >= 4 is 23.9 Å². The lowest BCUT2D eigenvalue weighted by molar-refractivity contribution is -0.147. The van der Waals surface area contributed by atoms with Crippen LogP contribution in [0.15, 0.2) is 18.2 Å². The summed E-state index contributed by atoms with van der Waals surface area (Å²) in [7, 11) is 0. The van der Waals surface area contributed by atoms with Crippen molar-refractivity contribution in [3.63, 3.8) is 0 Å². The highest BCUT2D eigenvalue weighted by atomic mass is 16.6. The van der Waals surface area contributed by atoms with Crippen LogP contribution in [0.5, 0.6) is 11.5 Å². The first-order chi connectivity index (χ1) is 16.6. The van der Waals surface area contributed by atoms with Crippen molar-refractivity contribution in [3.05, 3.63) is 23.8 Å². The predicted molar refractivity (Wildman–Crippen MR) is 139 cm³/mol. The van der Waals surface area contributed by atoms with Gasteiger partial charge in [0.15, 0.2) is 11.5 Å². The molecule has 0 aliphatic heterocycles. The van der Waals surface area contributed by atoms with Gasteiger partial charge in [-0.15, -0.1) is 0 Å². The fraction of sp³-hybridized carbons (Fsp3) is 0.643. The third kappa shape index (κ3) is 10.1. The van der Waals surface area contributed by atoms with Crippen molar-refractivity contribution < 1.29 is 38.5 Å². The van der Waals surface area contributed by atoms with Crippen LogP contribution in [0.4, 0.5) is 0 Å². The number of aliphatic carboxylic acids is 1. The first-order valence-corrected chi connectivity index (χ1v) is 12.4. The molecule has 0 aliphatic carbocycles. The van der Waals surface area contributed by atoms with Gasteiger partial charge in [-0.05, 0) is 70.6 Å². The van der Waals surface area contributed by atoms with Crippen molar-refractivity contribution in [1.29, 1.82) is 0 Å². The van der Waals surface area contributed by atoms with Crippen LogP contribution in [0.3, 0.4) is 0 Å². The lowest BCUT2D eigenvalue weighted by Crippen LogP contribution is -2.40. The summed E-state index contributed by atoms with van der Waals surface area (Å²) in [5.74, 6) is -4.06. The second-order valence-electron chi connectivity index (χ2n) is 12.8. The third-order valence-corrected chi connectivity index (χ3v) is 5.45. The van der Waals surface area contributed by atoms with Gasteiger partial charge in [0.2, 0.25) is 0 Å². The van der Waals surface area contributed by atoms with Crippen molar-refractivity contribution in [3.8, 4) is 11.5 Å². The molecule has 0 spiro atoms. The average Bonchev–Trinajstić information content (AvgIpc) is 2.71. The van der Waals surface area contributed by atoms with E-state index in [4.69, 9.17) is 19.9 Å². The number of carboxylic acid groups (broad SMARTS) is 1. The molecule has 1 rings (SSSR count). The third-order valence-electron chi connectivity index (χ3n) is 5.45. The number of carbonyl (C=O) groups is 4. The number of hydrogen-bond donors (Lipinski definition) is 2. The molecular formula is C28H43NO8. The van der Waals surface area contributed by atoms with Gasteiger partial charge in [-0.1, -0.05) is 33.8 Å². The van der Waals surface area contributed by atoms with E-state index in [-0.39, 0.29) is 29.9 Å². The fourth-order valence-electron chi connectivity index (χ4n) is 3.26. The second-order valence-corrected chi connectivity index (χ2v) is 12.8. The number of carboxylic acids is 1. The lowest BCUT2D eigenvalue weighted by Gasteiger charge is -2.29. The maximum absolute atomic E-state index is 12.7. The summed E-state index contributed by atoms with van der Waals surface area (Å²) in [6.07, 6.45) is 0.204. The van der Waals surface area contributed by atoms with Gasteiger partial charge in [-0.25, -0.2) is 0 Å². The molecule has 0 radical (unpaired) electrons. The highest BCUT2D eigenvalue weighted by molar-refractivity contribution is 5.81. The van der Waals surface area contributed by atoms with E-state index < -0.39 is 52.6 Å². The largest absolute Gasteiger partial charge is 0.480 e. The van der Waals surface area contributed by atoms with Crippen molar-refractivity contribution in [2.45, 2.75) is 87.6 Å². The zero-order valence-electron chi connectivity index (χ0n) is 23.8. The number of benzene rings is 1. The molecule has 0 amide bonds. The van der Waals surface area contributed by atoms with E-state index in [0.29, 0.717) is 5.56 Å². The first kappa shape index (κ1) is 32.1. The molecule has 3 atom stereocenters. The quantitative estimate of drug-likeness (QED) is 0.349. The number of carbonyl (C=O) groups excluding carboxylic acids is 3. The van der Waals surface area contributed by atoms with Crippen molar-refractivity contribution in [1.82, 2.24) is 0 Å². The maximum Gasteiger partial charge on any atom is 0.321 e. The number of rotatable bonds is 9. The van der Waals surface area contributed by atoms with Crippen LogP contribution in [-0.2, 0) is 23.9 Å². The smallest absolute Gasteiger partial charge is 0.321 e. The van der Waals surface area contributed by atoms with Crippen LogP contribution in [0.2, 0.25) is 0 Å². The topological polar surface area (TPSA) is 142 Å². The Morgan fingerprint density at radius 1 is 0.865 bits per heavy atom. The summed E-state index contributed by atoms with van der Waals surface area (Å²) in [4.78, 5) is 49.3. The van der Waals surface area contributed by atoms with Crippen molar-refractivity contribution in [2.75, 3.05) is 6.61 Å². The minimum Gasteiger partial charge on any atom is -0.480 e. The zero-order valence-corrected chi connectivity index (χ0v) is 23.8. The summed E-state index contributed by atoms with van der Waals surface area (Å²) in [6.45, 7) is 17.5. The molecule has 0 bridgehead atoms. The molecule has 208 valence electrons. The van der Waals surface area contributed by atoms with E-state index in [1.165, 1.54) is 12.1 Å². The standard InChI is InChI=1S/C28H43NO8/c1-16(15-35-20(30)14-26(2,3)4)21(22(29)23(31)32)17-11-12-18(36-24(33)27(5,6)7)19(13-17)37-25(34)28(8,9)10/h11-13,16,21-22H,14-15,29H2,1-10H3,(H,31,32)/t16?,21?,22-/m0/s1. The average molecular weight is 522 g/mol. The van der Waals surface area contributed by atoms with E-state index in [2.05, 4.69) is 0 Å². The van der Waals surface area contributed by atoms with Crippen LogP contribution in [-0.4, -0.2) is 41.6 Å². The Bertz CT molecular complexity index is 995. The minimum absolute atomic E-state index is 0.0215. The highest BCUT2D eigenvalue weighted by Crippen LogP contribution is 2.37. The van der Waals surface area contributed by atoms with E-state index in [1.54, 1.807) is 54.5 Å². The monoisotopic (exact) mass is 521 g/mol. The summed E-state index contributed by atoms with van der Waals surface area (Å²) >= 11 is 0. The Balaban J connectivity index is 3.44. The molecule has 0 saturated heterocycles. The highest BCUT2D eigenvalue weighted by Gasteiger charge is 2.34. The molecule has 0 saturated carbocycles. The number of ether oxygens (including phenoxy) is 3. The summed E-state index contributed by atoms with van der Waals surface area (Å²) in [6, 6.07) is 3.13. The SMILES string of the molecule is CC(COC(=O)CC(C)(C)C)C(c1ccc(OC(=O)C(C)(C)C)c(OC(=O)C(C)(C)C)c1)[C@H](N)C(=O)O. The Kier molecular flexibility index (Phi) is 10.5. The van der Waals surface area contributed by atoms with Gasteiger partial charge in [0.05, 0.1) is 23.9 Å². The molecular weight excluding hydrogens is 478 g/mol. The molecule has 0 fully saturated rings. The molecule has 0 aromatic heterocycles. The molecule has 9 nitrogen and oxygen atoms in total. The number of hydrogen-bond acceptors (Lipinski definition) is 8. The second kappa shape index (κ2) is 12.1. The van der Waals surface area contributed by atoms with Gasteiger partial charge in [0, 0.05) is 5.92 Å². The van der Waals surface area contributed by atoms with Gasteiger partial charge in [0.1, 0.15) is 6.04 Å². The van der Waals surface area contributed by atoms with Crippen LogP contribution in [0.1, 0.15) is 87.1 Å². The molecule has 0 aliphatic rings. The van der Waals surface area contributed by atoms with Gasteiger partial charge in [0.25, 0.3) is 0 Å². The van der Waals surface area contributed by atoms with E-state index in [1.807, 2.05) is 20.8 Å². The fourth-order valence-corrected chi connectivity index (χ4v) is 3.26. The van der Waals surface area contributed by atoms with E-state index >= 15 is 0 Å². The zero-order chi connectivity index (χ0) is 28.9. The molecule has 37 heavy (non-hydrogen) atoms. The molecule has 2 unspecified atom stereocenters. The normalized spacial score (nSPS) is 14.8.